The van der Waals surface area contributed by atoms with E-state index in [0.29, 0.717) is 17.5 Å². The van der Waals surface area contributed by atoms with Gasteiger partial charge < -0.3 is 0 Å². The highest BCUT2D eigenvalue weighted by atomic mass is 15.0. The van der Waals surface area contributed by atoms with Crippen molar-refractivity contribution in [3.05, 3.63) is 158 Å². The van der Waals surface area contributed by atoms with Gasteiger partial charge in [0.05, 0.1) is 5.52 Å². The average Bonchev–Trinajstić information content (AvgIpc) is 3.16. The molecular weight excluding hydrogens is 585 g/mol. The number of rotatable bonds is 3. The first-order chi connectivity index (χ1) is 23.8. The molecule has 0 aliphatic rings. The number of pyridine rings is 1. The molecule has 0 aliphatic heterocycles. The lowest BCUT2D eigenvalue weighted by molar-refractivity contribution is 1.08. The van der Waals surface area contributed by atoms with E-state index in [9.17, 15) is 0 Å². The van der Waals surface area contributed by atoms with Gasteiger partial charge in [0.15, 0.2) is 17.5 Å². The summed E-state index contributed by atoms with van der Waals surface area (Å²) in [4.78, 5) is 20.2. The summed E-state index contributed by atoms with van der Waals surface area (Å²) in [6.45, 7) is 0. The minimum atomic E-state index is 0.644. The lowest BCUT2D eigenvalue weighted by Gasteiger charge is -2.13. The number of nitrogens with zero attached hydrogens (tertiary/aromatic N) is 4. The molecule has 2 aromatic heterocycles. The van der Waals surface area contributed by atoms with Crippen LogP contribution in [-0.2, 0) is 0 Å². The summed E-state index contributed by atoms with van der Waals surface area (Å²) in [7, 11) is 0. The number of hydrogen-bond acceptors (Lipinski definition) is 4. The summed E-state index contributed by atoms with van der Waals surface area (Å²) in [5.74, 6) is 1.93. The van der Waals surface area contributed by atoms with E-state index >= 15 is 0 Å². The predicted molar refractivity (Wildman–Crippen MR) is 199 cm³/mol. The van der Waals surface area contributed by atoms with Gasteiger partial charge >= 0.3 is 0 Å². The van der Waals surface area contributed by atoms with Crippen molar-refractivity contribution in [2.75, 3.05) is 0 Å². The van der Waals surface area contributed by atoms with Gasteiger partial charge in [-0.3, -0.25) is 4.98 Å². The van der Waals surface area contributed by atoms with Crippen LogP contribution in [0.5, 0.6) is 0 Å². The van der Waals surface area contributed by atoms with E-state index in [1.165, 1.54) is 26.9 Å². The van der Waals surface area contributed by atoms with Crippen LogP contribution in [0.4, 0.5) is 0 Å². The molecule has 2 heterocycles. The molecule has 10 aromatic rings. The fourth-order valence-corrected chi connectivity index (χ4v) is 7.14. The third-order valence-corrected chi connectivity index (χ3v) is 9.52. The number of aromatic nitrogens is 4. The molecule has 10 rings (SSSR count). The lowest BCUT2D eigenvalue weighted by atomic mass is 9.96. The predicted octanol–water partition coefficient (Wildman–Crippen LogP) is 11.2. The van der Waals surface area contributed by atoms with Crippen molar-refractivity contribution in [2.45, 2.75) is 0 Å². The monoisotopic (exact) mass is 610 g/mol. The van der Waals surface area contributed by atoms with Crippen molar-refractivity contribution in [2.24, 2.45) is 0 Å². The van der Waals surface area contributed by atoms with Crippen molar-refractivity contribution < 1.29 is 0 Å². The number of benzene rings is 8. The quantitative estimate of drug-likeness (QED) is 0.187. The van der Waals surface area contributed by atoms with Crippen LogP contribution in [0.1, 0.15) is 0 Å². The van der Waals surface area contributed by atoms with E-state index in [4.69, 9.17) is 19.9 Å². The van der Waals surface area contributed by atoms with Crippen molar-refractivity contribution in [3.8, 4) is 34.2 Å². The molecule has 48 heavy (non-hydrogen) atoms. The molecule has 4 heteroatoms. The summed E-state index contributed by atoms with van der Waals surface area (Å²) in [5.41, 5.74) is 3.88. The summed E-state index contributed by atoms with van der Waals surface area (Å²) < 4.78 is 0. The second kappa shape index (κ2) is 10.5. The van der Waals surface area contributed by atoms with Crippen molar-refractivity contribution in [1.82, 2.24) is 19.9 Å². The molecule has 0 saturated heterocycles. The Labute approximate surface area is 276 Å². The van der Waals surface area contributed by atoms with Gasteiger partial charge in [0, 0.05) is 33.7 Å². The maximum absolute atomic E-state index is 5.19. The van der Waals surface area contributed by atoms with Gasteiger partial charge in [-0.2, -0.15) is 0 Å². The Morgan fingerprint density at radius 2 is 0.896 bits per heavy atom. The van der Waals surface area contributed by atoms with Crippen molar-refractivity contribution >= 4 is 64.8 Å². The van der Waals surface area contributed by atoms with Gasteiger partial charge in [0.1, 0.15) is 0 Å². The largest absolute Gasteiger partial charge is 0.256 e. The van der Waals surface area contributed by atoms with Crippen LogP contribution in [0.25, 0.3) is 98.9 Å². The van der Waals surface area contributed by atoms with Crippen molar-refractivity contribution in [3.63, 3.8) is 0 Å². The maximum atomic E-state index is 5.19. The zero-order chi connectivity index (χ0) is 31.6. The minimum Gasteiger partial charge on any atom is -0.256 e. The molecule has 0 amide bonds. The normalized spacial score (nSPS) is 11.8. The average molecular weight is 611 g/mol. The highest BCUT2D eigenvalue weighted by Crippen LogP contribution is 2.36. The van der Waals surface area contributed by atoms with Gasteiger partial charge in [0.2, 0.25) is 0 Å². The Hall–Kier alpha value is -6.52. The molecular formula is C44H26N4. The molecule has 0 aliphatic carbocycles. The summed E-state index contributed by atoms with van der Waals surface area (Å²) in [6.07, 6.45) is 1.86. The Morgan fingerprint density at radius 1 is 0.312 bits per heavy atom. The van der Waals surface area contributed by atoms with E-state index in [1.807, 2.05) is 12.3 Å². The second-order valence-electron chi connectivity index (χ2n) is 12.3. The standard InChI is InChI=1S/C44H26N4/c1-2-9-31-25-32(18-14-27(31)7-1)42-46-43(33-19-17-29-16-15-28-8-3-4-11-34(28)40(29)26-33)48-44(47-42)39-13-5-12-35-36-21-20-30-10-6-24-45-41(30)38(36)23-22-37(35)39/h1-26H. The van der Waals surface area contributed by atoms with Crippen LogP contribution in [-0.4, -0.2) is 19.9 Å². The minimum absolute atomic E-state index is 0.644. The molecule has 0 unspecified atom stereocenters. The van der Waals surface area contributed by atoms with E-state index in [-0.39, 0.29) is 0 Å². The maximum Gasteiger partial charge on any atom is 0.164 e. The van der Waals surface area contributed by atoms with Crippen LogP contribution in [0.3, 0.4) is 0 Å². The molecule has 0 spiro atoms. The fraction of sp³-hybridized carbons (Fsp3) is 0. The van der Waals surface area contributed by atoms with Gasteiger partial charge in [0.25, 0.3) is 0 Å². The van der Waals surface area contributed by atoms with Gasteiger partial charge in [-0.15, -0.1) is 0 Å². The number of hydrogen-bond donors (Lipinski definition) is 0. The highest BCUT2D eigenvalue weighted by molar-refractivity contribution is 6.18. The van der Waals surface area contributed by atoms with E-state index in [0.717, 1.165) is 54.5 Å². The van der Waals surface area contributed by atoms with E-state index in [1.54, 1.807) is 0 Å². The molecule has 222 valence electrons. The number of fused-ring (bicyclic) bond motifs is 9. The van der Waals surface area contributed by atoms with Crippen LogP contribution >= 0.6 is 0 Å². The molecule has 4 nitrogen and oxygen atoms in total. The smallest absolute Gasteiger partial charge is 0.164 e. The molecule has 0 radical (unpaired) electrons. The fourth-order valence-electron chi connectivity index (χ4n) is 7.14. The topological polar surface area (TPSA) is 51.6 Å². The molecule has 0 fully saturated rings. The van der Waals surface area contributed by atoms with E-state index < -0.39 is 0 Å². The summed E-state index contributed by atoms with van der Waals surface area (Å²) in [5, 5.41) is 12.8. The Morgan fingerprint density at radius 3 is 1.77 bits per heavy atom. The van der Waals surface area contributed by atoms with Gasteiger partial charge in [-0.1, -0.05) is 133 Å². The van der Waals surface area contributed by atoms with Gasteiger partial charge in [-0.05, 0) is 66.7 Å². The SMILES string of the molecule is c1ccc2cc(-c3nc(-c4ccc5ccc6ccccc6c5c4)nc(-c4cccc5c4ccc4c5ccc5cccnc54)n3)ccc2c1. The summed E-state index contributed by atoms with van der Waals surface area (Å²) in [6, 6.07) is 53.4. The Bertz CT molecular complexity index is 2910. The summed E-state index contributed by atoms with van der Waals surface area (Å²) >= 11 is 0. The van der Waals surface area contributed by atoms with Crippen LogP contribution in [0.15, 0.2) is 158 Å². The van der Waals surface area contributed by atoms with Crippen molar-refractivity contribution in [1.29, 1.82) is 0 Å². The molecule has 8 aromatic carbocycles. The molecule has 0 saturated carbocycles. The van der Waals surface area contributed by atoms with Crippen LogP contribution in [0.2, 0.25) is 0 Å². The highest BCUT2D eigenvalue weighted by Gasteiger charge is 2.16. The zero-order valence-electron chi connectivity index (χ0n) is 25.8. The lowest BCUT2D eigenvalue weighted by Crippen LogP contribution is -2.01. The third kappa shape index (κ3) is 4.24. The molecule has 0 bridgehead atoms. The zero-order valence-corrected chi connectivity index (χ0v) is 25.8. The first-order valence-corrected chi connectivity index (χ1v) is 16.1. The van der Waals surface area contributed by atoms with E-state index in [2.05, 4.69) is 146 Å². The van der Waals surface area contributed by atoms with Crippen LogP contribution in [0, 0.1) is 0 Å². The molecule has 0 N–H and O–H groups in total. The Kier molecular flexibility index (Phi) is 5.84. The third-order valence-electron chi connectivity index (χ3n) is 9.52. The Balaban J connectivity index is 1.23. The second-order valence-corrected chi connectivity index (χ2v) is 12.3. The van der Waals surface area contributed by atoms with Gasteiger partial charge in [-0.25, -0.2) is 15.0 Å². The first-order valence-electron chi connectivity index (χ1n) is 16.1. The van der Waals surface area contributed by atoms with Crippen LogP contribution < -0.4 is 0 Å². The molecule has 0 atom stereocenters. The first kappa shape index (κ1) is 26.7.